The van der Waals surface area contributed by atoms with Crippen molar-refractivity contribution in [2.24, 2.45) is 0 Å². The van der Waals surface area contributed by atoms with Crippen molar-refractivity contribution in [1.29, 1.82) is 0 Å². The van der Waals surface area contributed by atoms with E-state index in [2.05, 4.69) is 0 Å². The molecule has 0 saturated heterocycles. The predicted octanol–water partition coefficient (Wildman–Crippen LogP) is 8.85. The summed E-state index contributed by atoms with van der Waals surface area (Å²) in [7, 11) is 0. The second-order valence-electron chi connectivity index (χ2n) is 8.94. The molecule has 0 aliphatic heterocycles. The smallest absolute Gasteiger partial charge is 0.132 e. The molecule has 0 aliphatic rings. The summed E-state index contributed by atoms with van der Waals surface area (Å²) in [5.41, 5.74) is 1.20. The van der Waals surface area contributed by atoms with Crippen LogP contribution in [0.2, 0.25) is 5.02 Å². The molecule has 2 atom stereocenters. The molecule has 0 saturated carbocycles. The fraction of sp³-hybridized carbons (Fsp3) is 0.333. The van der Waals surface area contributed by atoms with Gasteiger partial charge in [-0.2, -0.15) is 0 Å². The van der Waals surface area contributed by atoms with Crippen LogP contribution in [0.25, 0.3) is 0 Å². The highest BCUT2D eigenvalue weighted by molar-refractivity contribution is 6.31. The van der Waals surface area contributed by atoms with Crippen LogP contribution in [-0.2, 0) is 12.8 Å². The molecule has 0 radical (unpaired) electrons. The average molecular weight is 481 g/mol. The van der Waals surface area contributed by atoms with E-state index in [1.165, 1.54) is 24.3 Å². The lowest BCUT2D eigenvalue weighted by atomic mass is 9.87. The van der Waals surface area contributed by atoms with Gasteiger partial charge in [0, 0.05) is 22.2 Å². The van der Waals surface area contributed by atoms with Gasteiger partial charge in [0.1, 0.15) is 29.1 Å². The van der Waals surface area contributed by atoms with Crippen LogP contribution in [0.4, 0.5) is 22.0 Å². The third kappa shape index (κ3) is 5.57. The molecule has 0 amide bonds. The van der Waals surface area contributed by atoms with Crippen molar-refractivity contribution in [2.75, 3.05) is 0 Å². The number of hydrogen-bond donors (Lipinski definition) is 0. The molecular formula is C27H26ClF5. The van der Waals surface area contributed by atoms with Crippen molar-refractivity contribution in [3.63, 3.8) is 0 Å². The molecule has 0 bridgehead atoms. The van der Waals surface area contributed by atoms with Gasteiger partial charge in [-0.3, -0.25) is 0 Å². The molecule has 0 aromatic heterocycles. The Balaban J connectivity index is 1.90. The molecule has 0 aliphatic carbocycles. The highest BCUT2D eigenvalue weighted by Gasteiger charge is 2.23. The number of halogens is 6. The normalized spacial score (nSPS) is 13.4. The molecule has 0 heterocycles. The van der Waals surface area contributed by atoms with Crippen LogP contribution < -0.4 is 0 Å². The zero-order valence-electron chi connectivity index (χ0n) is 19.0. The predicted molar refractivity (Wildman–Crippen MR) is 122 cm³/mol. The summed E-state index contributed by atoms with van der Waals surface area (Å²) in [5.74, 6) is -4.51. The Morgan fingerprint density at radius 2 is 1.18 bits per heavy atom. The van der Waals surface area contributed by atoms with E-state index in [4.69, 9.17) is 11.6 Å². The minimum atomic E-state index is -0.718. The third-order valence-electron chi connectivity index (χ3n) is 5.99. The summed E-state index contributed by atoms with van der Waals surface area (Å²) in [5, 5.41) is 0.320. The minimum absolute atomic E-state index is 0.0880. The van der Waals surface area contributed by atoms with E-state index >= 15 is 8.78 Å². The van der Waals surface area contributed by atoms with Gasteiger partial charge in [-0.15, -0.1) is 0 Å². The topological polar surface area (TPSA) is 0 Å². The van der Waals surface area contributed by atoms with E-state index in [0.29, 0.717) is 21.7 Å². The minimum Gasteiger partial charge on any atom is -0.207 e. The molecular weight excluding hydrogens is 455 g/mol. The molecule has 3 aromatic carbocycles. The van der Waals surface area contributed by atoms with Gasteiger partial charge in [-0.1, -0.05) is 51.4 Å². The molecule has 6 heteroatoms. The van der Waals surface area contributed by atoms with Crippen molar-refractivity contribution in [3.05, 3.63) is 104 Å². The summed E-state index contributed by atoms with van der Waals surface area (Å²) in [4.78, 5) is 0. The largest absolute Gasteiger partial charge is 0.207 e. The van der Waals surface area contributed by atoms with Gasteiger partial charge in [-0.05, 0) is 71.6 Å². The highest BCUT2D eigenvalue weighted by atomic mass is 35.5. The first kappa shape index (κ1) is 25.2. The second-order valence-corrected chi connectivity index (χ2v) is 9.34. The Bertz CT molecular complexity index is 1140. The van der Waals surface area contributed by atoms with E-state index in [9.17, 15) is 13.2 Å². The van der Waals surface area contributed by atoms with Gasteiger partial charge >= 0.3 is 0 Å². The molecule has 33 heavy (non-hydrogen) atoms. The van der Waals surface area contributed by atoms with Gasteiger partial charge in [-0.25, -0.2) is 22.0 Å². The summed E-state index contributed by atoms with van der Waals surface area (Å²) in [6.07, 6.45) is 0.214. The first-order chi connectivity index (χ1) is 15.5. The molecule has 0 nitrogen and oxygen atoms in total. The summed E-state index contributed by atoms with van der Waals surface area (Å²) in [6.45, 7) is 7.01. The van der Waals surface area contributed by atoms with Gasteiger partial charge in [0.15, 0.2) is 0 Å². The van der Waals surface area contributed by atoms with Gasteiger partial charge < -0.3 is 0 Å². The van der Waals surface area contributed by atoms with Crippen molar-refractivity contribution >= 4 is 11.6 Å². The van der Waals surface area contributed by atoms with E-state index < -0.39 is 40.9 Å². The SMILES string of the molecule is CC(C)c1c(Cl)ccc(CC(C)c2c(F)ccc(CC(C)c3cc(F)cc(F)c3)c2F)c1F. The molecule has 0 N–H and O–H groups in total. The third-order valence-corrected chi connectivity index (χ3v) is 6.32. The van der Waals surface area contributed by atoms with Gasteiger partial charge in [0.05, 0.1) is 0 Å². The van der Waals surface area contributed by atoms with Crippen LogP contribution in [0.15, 0.2) is 42.5 Å². The molecule has 0 fully saturated rings. The first-order valence-electron chi connectivity index (χ1n) is 10.9. The van der Waals surface area contributed by atoms with Crippen molar-refractivity contribution in [1.82, 2.24) is 0 Å². The van der Waals surface area contributed by atoms with Crippen LogP contribution in [-0.4, -0.2) is 0 Å². The molecule has 0 spiro atoms. The highest BCUT2D eigenvalue weighted by Crippen LogP contribution is 2.34. The van der Waals surface area contributed by atoms with Crippen LogP contribution in [0, 0.1) is 29.1 Å². The number of hydrogen-bond acceptors (Lipinski definition) is 0. The quantitative estimate of drug-likeness (QED) is 0.296. The Hall–Kier alpha value is -2.40. The van der Waals surface area contributed by atoms with Crippen LogP contribution >= 0.6 is 11.6 Å². The van der Waals surface area contributed by atoms with Crippen LogP contribution in [0.3, 0.4) is 0 Å². The van der Waals surface area contributed by atoms with E-state index in [-0.39, 0.29) is 29.9 Å². The van der Waals surface area contributed by atoms with Crippen LogP contribution in [0.5, 0.6) is 0 Å². The molecule has 3 aromatic rings. The maximum Gasteiger partial charge on any atom is 0.132 e. The van der Waals surface area contributed by atoms with Crippen molar-refractivity contribution in [2.45, 2.75) is 58.3 Å². The van der Waals surface area contributed by atoms with Crippen molar-refractivity contribution < 1.29 is 22.0 Å². The van der Waals surface area contributed by atoms with Crippen molar-refractivity contribution in [3.8, 4) is 0 Å². The maximum atomic E-state index is 15.4. The van der Waals surface area contributed by atoms with Gasteiger partial charge in [0.25, 0.3) is 0 Å². The zero-order chi connectivity index (χ0) is 24.4. The lowest BCUT2D eigenvalue weighted by Crippen LogP contribution is -2.11. The average Bonchev–Trinajstić information content (AvgIpc) is 2.71. The molecule has 2 unspecified atom stereocenters. The Kier molecular flexibility index (Phi) is 7.84. The molecule has 176 valence electrons. The number of rotatable bonds is 7. The summed E-state index contributed by atoms with van der Waals surface area (Å²) >= 11 is 6.13. The molecule has 3 rings (SSSR count). The summed E-state index contributed by atoms with van der Waals surface area (Å²) < 4.78 is 72.2. The number of benzene rings is 3. The Labute approximate surface area is 196 Å². The second kappa shape index (κ2) is 10.3. The van der Waals surface area contributed by atoms with E-state index in [1.54, 1.807) is 26.0 Å². The monoisotopic (exact) mass is 480 g/mol. The Morgan fingerprint density at radius 3 is 1.76 bits per heavy atom. The van der Waals surface area contributed by atoms with Crippen LogP contribution in [0.1, 0.15) is 73.3 Å². The lowest BCUT2D eigenvalue weighted by molar-refractivity contribution is 0.511. The Morgan fingerprint density at radius 1 is 0.667 bits per heavy atom. The van der Waals surface area contributed by atoms with E-state index in [0.717, 1.165) is 6.07 Å². The fourth-order valence-corrected chi connectivity index (χ4v) is 4.63. The zero-order valence-corrected chi connectivity index (χ0v) is 19.7. The van der Waals surface area contributed by atoms with Gasteiger partial charge in [0.2, 0.25) is 0 Å². The maximum absolute atomic E-state index is 15.4. The first-order valence-corrected chi connectivity index (χ1v) is 11.3. The lowest BCUT2D eigenvalue weighted by Gasteiger charge is -2.20. The standard InChI is InChI=1S/C27H26ClF5/c1-14(2)24-22(28)7-5-17(26(24)32)10-16(4)25-23(31)8-6-18(27(25)33)9-15(3)19-11-20(29)13-21(30)12-19/h5-8,11-16H,9-10H2,1-4H3. The summed E-state index contributed by atoms with van der Waals surface area (Å²) in [6, 6.07) is 8.84. The van der Waals surface area contributed by atoms with E-state index in [1.807, 2.05) is 13.8 Å². The fourth-order valence-electron chi connectivity index (χ4n) is 4.26.